The molecule has 0 bridgehead atoms. The summed E-state index contributed by atoms with van der Waals surface area (Å²) in [6, 6.07) is 20.0. The third kappa shape index (κ3) is 2.05. The zero-order valence-corrected chi connectivity index (χ0v) is 11.3. The molecule has 98 valence electrons. The zero-order valence-electron chi connectivity index (χ0n) is 11.3. The highest BCUT2D eigenvalue weighted by Crippen LogP contribution is 2.31. The number of hydrogen-bond acceptors (Lipinski definition) is 1. The molecule has 0 aliphatic heterocycles. The Morgan fingerprint density at radius 3 is 2.25 bits per heavy atom. The number of aromatic nitrogens is 1. The molecule has 0 saturated heterocycles. The third-order valence-electron chi connectivity index (χ3n) is 3.53. The lowest BCUT2D eigenvalue weighted by Gasteiger charge is -2.11. The average Bonchev–Trinajstić information content (AvgIpc) is 2.93. The second kappa shape index (κ2) is 5.17. The van der Waals surface area contributed by atoms with E-state index in [4.69, 9.17) is 0 Å². The summed E-state index contributed by atoms with van der Waals surface area (Å²) in [5, 5.41) is 0. The number of aldehydes is 1. The second-order valence-corrected chi connectivity index (χ2v) is 4.76. The van der Waals surface area contributed by atoms with Crippen LogP contribution in [0.15, 0.2) is 66.9 Å². The van der Waals surface area contributed by atoms with E-state index in [-0.39, 0.29) is 0 Å². The minimum atomic E-state index is 0.737. The van der Waals surface area contributed by atoms with Crippen LogP contribution >= 0.6 is 0 Å². The minimum absolute atomic E-state index is 0.737. The predicted octanol–water partition coefficient (Wildman–Crippen LogP) is 4.17. The van der Waals surface area contributed by atoms with Gasteiger partial charge >= 0.3 is 0 Å². The van der Waals surface area contributed by atoms with Crippen LogP contribution < -0.4 is 0 Å². The molecule has 0 amide bonds. The van der Waals surface area contributed by atoms with Gasteiger partial charge in [0.2, 0.25) is 0 Å². The number of benzene rings is 2. The van der Waals surface area contributed by atoms with Crippen molar-refractivity contribution < 1.29 is 4.79 Å². The van der Waals surface area contributed by atoms with E-state index < -0.39 is 0 Å². The van der Waals surface area contributed by atoms with Crippen LogP contribution in [0.2, 0.25) is 0 Å². The van der Waals surface area contributed by atoms with Crippen LogP contribution in [0.4, 0.5) is 0 Å². The Bertz CT molecular complexity index is 741. The quantitative estimate of drug-likeness (QED) is 0.648. The zero-order chi connectivity index (χ0) is 13.9. The Morgan fingerprint density at radius 2 is 1.60 bits per heavy atom. The molecule has 1 aromatic heterocycles. The molecule has 3 aromatic rings. The lowest BCUT2D eigenvalue weighted by Crippen LogP contribution is -1.96. The highest BCUT2D eigenvalue weighted by atomic mass is 16.1. The Kier molecular flexibility index (Phi) is 3.21. The first-order valence-corrected chi connectivity index (χ1v) is 6.56. The fourth-order valence-corrected chi connectivity index (χ4v) is 2.53. The van der Waals surface area contributed by atoms with E-state index in [1.54, 1.807) is 0 Å². The van der Waals surface area contributed by atoms with Crippen LogP contribution in [0.25, 0.3) is 22.4 Å². The maximum Gasteiger partial charge on any atom is 0.151 e. The van der Waals surface area contributed by atoms with E-state index in [0.717, 1.165) is 34.2 Å². The monoisotopic (exact) mass is 261 g/mol. The maximum absolute atomic E-state index is 11.6. The molecule has 0 radical (unpaired) electrons. The van der Waals surface area contributed by atoms with Gasteiger partial charge in [-0.3, -0.25) is 4.79 Å². The summed E-state index contributed by atoms with van der Waals surface area (Å²) in [5.41, 5.74) is 4.78. The van der Waals surface area contributed by atoms with Crippen molar-refractivity contribution in [3.8, 4) is 22.4 Å². The van der Waals surface area contributed by atoms with E-state index in [0.29, 0.717) is 0 Å². The smallest absolute Gasteiger partial charge is 0.151 e. The molecule has 0 aliphatic rings. The van der Waals surface area contributed by atoms with Crippen molar-refractivity contribution in [2.24, 2.45) is 7.05 Å². The number of nitrogens with zero attached hydrogens (tertiary/aromatic N) is 1. The first-order valence-electron chi connectivity index (χ1n) is 6.56. The Labute approximate surface area is 118 Å². The van der Waals surface area contributed by atoms with Crippen molar-refractivity contribution in [2.45, 2.75) is 0 Å². The van der Waals surface area contributed by atoms with Crippen molar-refractivity contribution in [3.63, 3.8) is 0 Å². The van der Waals surface area contributed by atoms with E-state index in [1.165, 1.54) is 0 Å². The van der Waals surface area contributed by atoms with Gasteiger partial charge in [0.1, 0.15) is 0 Å². The van der Waals surface area contributed by atoms with Crippen LogP contribution in [0.1, 0.15) is 10.4 Å². The summed E-state index contributed by atoms with van der Waals surface area (Å²) >= 11 is 0. The maximum atomic E-state index is 11.6. The van der Waals surface area contributed by atoms with Crippen LogP contribution in [-0.4, -0.2) is 10.9 Å². The molecule has 0 fully saturated rings. The molecule has 20 heavy (non-hydrogen) atoms. The molecule has 2 nitrogen and oxygen atoms in total. The summed E-state index contributed by atoms with van der Waals surface area (Å²) in [4.78, 5) is 11.6. The molecule has 2 aromatic carbocycles. The fourth-order valence-electron chi connectivity index (χ4n) is 2.53. The fraction of sp³-hybridized carbons (Fsp3) is 0.0556. The molecule has 2 heteroatoms. The van der Waals surface area contributed by atoms with E-state index in [2.05, 4.69) is 0 Å². The number of rotatable bonds is 3. The first-order chi connectivity index (χ1) is 9.81. The molecule has 3 rings (SSSR count). The Morgan fingerprint density at radius 1 is 0.850 bits per heavy atom. The van der Waals surface area contributed by atoms with Gasteiger partial charge in [0.05, 0.1) is 0 Å². The van der Waals surface area contributed by atoms with Gasteiger partial charge in [0.25, 0.3) is 0 Å². The summed E-state index contributed by atoms with van der Waals surface area (Å²) in [7, 11) is 1.99. The predicted molar refractivity (Wildman–Crippen MR) is 81.7 cm³/mol. The van der Waals surface area contributed by atoms with Crippen molar-refractivity contribution >= 4 is 6.29 Å². The summed E-state index contributed by atoms with van der Waals surface area (Å²) in [5.74, 6) is 0. The van der Waals surface area contributed by atoms with Crippen LogP contribution in [0.3, 0.4) is 0 Å². The highest BCUT2D eigenvalue weighted by Gasteiger charge is 2.12. The molecule has 0 unspecified atom stereocenters. The number of hydrogen-bond donors (Lipinski definition) is 0. The van der Waals surface area contributed by atoms with Gasteiger partial charge in [-0.25, -0.2) is 0 Å². The van der Waals surface area contributed by atoms with Gasteiger partial charge in [-0.15, -0.1) is 0 Å². The molecule has 0 atom stereocenters. The van der Waals surface area contributed by atoms with E-state index in [1.807, 2.05) is 78.5 Å². The van der Waals surface area contributed by atoms with Gasteiger partial charge in [-0.2, -0.15) is 0 Å². The molecule has 0 saturated carbocycles. The van der Waals surface area contributed by atoms with E-state index >= 15 is 0 Å². The normalized spacial score (nSPS) is 10.4. The molecular formula is C18H15NO. The Balaban J connectivity index is 2.24. The van der Waals surface area contributed by atoms with Gasteiger partial charge in [0, 0.05) is 30.1 Å². The highest BCUT2D eigenvalue weighted by molar-refractivity contribution is 5.95. The number of carbonyl (C=O) groups is 1. The number of carbonyl (C=O) groups excluding carboxylic acids is 1. The molecule has 1 heterocycles. The second-order valence-electron chi connectivity index (χ2n) is 4.76. The first kappa shape index (κ1) is 12.4. The lowest BCUT2D eigenvalue weighted by atomic mass is 9.95. The average molecular weight is 261 g/mol. The van der Waals surface area contributed by atoms with E-state index in [9.17, 15) is 4.79 Å². The summed E-state index contributed by atoms with van der Waals surface area (Å²) in [6.07, 6.45) is 2.93. The third-order valence-corrected chi connectivity index (χ3v) is 3.53. The molecule has 0 spiro atoms. The summed E-state index contributed by atoms with van der Waals surface area (Å²) in [6.45, 7) is 0. The topological polar surface area (TPSA) is 22.0 Å². The van der Waals surface area contributed by atoms with Crippen LogP contribution in [-0.2, 0) is 7.05 Å². The van der Waals surface area contributed by atoms with Gasteiger partial charge in [0.15, 0.2) is 6.29 Å². The Hall–Kier alpha value is -2.61. The van der Waals surface area contributed by atoms with Gasteiger partial charge < -0.3 is 4.57 Å². The van der Waals surface area contributed by atoms with Crippen molar-refractivity contribution in [3.05, 3.63) is 72.4 Å². The van der Waals surface area contributed by atoms with Crippen LogP contribution in [0.5, 0.6) is 0 Å². The van der Waals surface area contributed by atoms with Crippen molar-refractivity contribution in [1.29, 1.82) is 0 Å². The SMILES string of the molecule is Cn1cccc1-c1cccc(-c2ccccc2)c1C=O. The van der Waals surface area contributed by atoms with Gasteiger partial charge in [-0.1, -0.05) is 48.5 Å². The largest absolute Gasteiger partial charge is 0.351 e. The van der Waals surface area contributed by atoms with Crippen molar-refractivity contribution in [1.82, 2.24) is 4.57 Å². The number of aryl methyl sites for hydroxylation is 1. The lowest BCUT2D eigenvalue weighted by molar-refractivity contribution is 0.112. The van der Waals surface area contributed by atoms with Crippen molar-refractivity contribution in [2.75, 3.05) is 0 Å². The van der Waals surface area contributed by atoms with Crippen LogP contribution in [0, 0.1) is 0 Å². The van der Waals surface area contributed by atoms with Gasteiger partial charge in [-0.05, 0) is 23.3 Å². The minimum Gasteiger partial charge on any atom is -0.351 e. The molecular weight excluding hydrogens is 246 g/mol. The standard InChI is InChI=1S/C18H15NO/c1-19-12-6-11-18(19)16-10-5-9-15(17(16)13-20)14-7-3-2-4-8-14/h2-13H,1H3. The summed E-state index contributed by atoms with van der Waals surface area (Å²) < 4.78 is 2.02. The molecule has 0 aliphatic carbocycles. The molecule has 0 N–H and O–H groups in total.